The Labute approximate surface area is 93.3 Å². The van der Waals surface area contributed by atoms with Crippen LogP contribution in [0.15, 0.2) is 30.0 Å². The fourth-order valence-corrected chi connectivity index (χ4v) is 1.13. The van der Waals surface area contributed by atoms with Crippen LogP contribution in [0.3, 0.4) is 0 Å². The largest absolute Gasteiger partial charge is 0.508 e. The molecule has 1 aromatic rings. The highest BCUT2D eigenvalue weighted by Gasteiger charge is 2.08. The molecule has 0 aliphatic heterocycles. The zero-order valence-corrected chi connectivity index (χ0v) is 9.06. The quantitative estimate of drug-likeness (QED) is 0.454. The van der Waals surface area contributed by atoms with Crippen LogP contribution in [0.1, 0.15) is 5.56 Å². The van der Waals surface area contributed by atoms with E-state index in [1.165, 1.54) is 26.4 Å². The third-order valence-electron chi connectivity index (χ3n) is 1.80. The Kier molecular flexibility index (Phi) is 4.35. The van der Waals surface area contributed by atoms with Gasteiger partial charge in [0.1, 0.15) is 11.4 Å². The molecule has 0 spiro atoms. The molecule has 86 valence electrons. The number of rotatable bonds is 4. The predicted octanol–water partition coefficient (Wildman–Crippen LogP) is 1.06. The molecule has 0 radical (unpaired) electrons. The summed E-state index contributed by atoms with van der Waals surface area (Å²) in [4.78, 5) is 15.9. The first-order valence-electron chi connectivity index (χ1n) is 4.55. The smallest absolute Gasteiger partial charge is 0.356 e. The molecule has 16 heavy (non-hydrogen) atoms. The molecule has 1 aromatic carbocycles. The fourth-order valence-electron chi connectivity index (χ4n) is 1.13. The van der Waals surface area contributed by atoms with Crippen LogP contribution in [-0.4, -0.2) is 25.3 Å². The lowest BCUT2D eigenvalue weighted by Crippen LogP contribution is -2.20. The van der Waals surface area contributed by atoms with Crippen molar-refractivity contribution in [1.82, 2.24) is 5.48 Å². The van der Waals surface area contributed by atoms with E-state index in [1.54, 1.807) is 18.2 Å². The highest BCUT2D eigenvalue weighted by molar-refractivity contribution is 5.92. The van der Waals surface area contributed by atoms with Gasteiger partial charge in [-0.25, -0.2) is 4.79 Å². The number of phenolic OH excluding ortho intramolecular Hbond substituents is 1. The predicted molar refractivity (Wildman–Crippen MR) is 58.2 cm³/mol. The second kappa shape index (κ2) is 5.77. The van der Waals surface area contributed by atoms with Crippen molar-refractivity contribution >= 4 is 12.0 Å². The van der Waals surface area contributed by atoms with Crippen LogP contribution in [-0.2, 0) is 14.4 Å². The van der Waals surface area contributed by atoms with E-state index >= 15 is 0 Å². The van der Waals surface area contributed by atoms with Crippen molar-refractivity contribution in [2.45, 2.75) is 0 Å². The number of hydroxylamine groups is 1. The minimum Gasteiger partial charge on any atom is -0.508 e. The molecule has 5 nitrogen and oxygen atoms in total. The molecule has 1 rings (SSSR count). The van der Waals surface area contributed by atoms with Crippen molar-refractivity contribution in [3.05, 3.63) is 35.5 Å². The maximum atomic E-state index is 11.3. The number of benzene rings is 1. The van der Waals surface area contributed by atoms with Gasteiger partial charge in [-0.1, -0.05) is 12.1 Å². The summed E-state index contributed by atoms with van der Waals surface area (Å²) in [6, 6.07) is 6.46. The lowest BCUT2D eigenvalue weighted by Gasteiger charge is -2.06. The van der Waals surface area contributed by atoms with Crippen LogP contribution in [0, 0.1) is 0 Å². The number of carbonyl (C=O) groups is 1. The Morgan fingerprint density at radius 1 is 1.44 bits per heavy atom. The van der Waals surface area contributed by atoms with Crippen LogP contribution in [0.25, 0.3) is 6.08 Å². The van der Waals surface area contributed by atoms with E-state index in [0.29, 0.717) is 5.56 Å². The summed E-state index contributed by atoms with van der Waals surface area (Å²) >= 11 is 0. The standard InChI is InChI=1S/C11H13NO4/c1-15-11(14)10(12-16-2)7-8-4-3-5-9(13)6-8/h3-7,12-13H,1-2H3. The number of hydrogen-bond donors (Lipinski definition) is 2. The van der Waals surface area contributed by atoms with Gasteiger partial charge < -0.3 is 9.84 Å². The number of phenols is 1. The molecule has 0 unspecified atom stereocenters. The third kappa shape index (κ3) is 3.29. The first kappa shape index (κ1) is 12.1. The summed E-state index contributed by atoms with van der Waals surface area (Å²) in [6.07, 6.45) is 1.51. The van der Waals surface area contributed by atoms with E-state index in [1.807, 2.05) is 0 Å². The highest BCUT2D eigenvalue weighted by atomic mass is 16.6. The van der Waals surface area contributed by atoms with Crippen LogP contribution >= 0.6 is 0 Å². The Morgan fingerprint density at radius 2 is 2.19 bits per heavy atom. The summed E-state index contributed by atoms with van der Waals surface area (Å²) in [5.74, 6) is -0.430. The molecule has 0 fully saturated rings. The van der Waals surface area contributed by atoms with E-state index in [9.17, 15) is 9.90 Å². The second-order valence-corrected chi connectivity index (χ2v) is 2.95. The monoisotopic (exact) mass is 223 g/mol. The van der Waals surface area contributed by atoms with Gasteiger partial charge in [-0.15, -0.1) is 0 Å². The molecular weight excluding hydrogens is 210 g/mol. The van der Waals surface area contributed by atoms with Crippen molar-refractivity contribution < 1.29 is 19.5 Å². The van der Waals surface area contributed by atoms with Crippen LogP contribution < -0.4 is 5.48 Å². The van der Waals surface area contributed by atoms with Crippen LogP contribution in [0.5, 0.6) is 5.75 Å². The van der Waals surface area contributed by atoms with Gasteiger partial charge >= 0.3 is 5.97 Å². The van der Waals surface area contributed by atoms with E-state index in [0.717, 1.165) is 0 Å². The Bertz CT molecular complexity index is 401. The average molecular weight is 223 g/mol. The maximum absolute atomic E-state index is 11.3. The number of esters is 1. The summed E-state index contributed by atoms with van der Waals surface area (Å²) in [7, 11) is 2.66. The molecule has 0 saturated carbocycles. The molecule has 0 atom stereocenters. The number of hydrogen-bond acceptors (Lipinski definition) is 5. The third-order valence-corrected chi connectivity index (χ3v) is 1.80. The SMILES string of the molecule is CONC(=Cc1cccc(O)c1)C(=O)OC. The molecule has 0 aromatic heterocycles. The van der Waals surface area contributed by atoms with Crippen molar-refractivity contribution in [1.29, 1.82) is 0 Å². The molecule has 0 aliphatic rings. The highest BCUT2D eigenvalue weighted by Crippen LogP contribution is 2.13. The van der Waals surface area contributed by atoms with E-state index in [4.69, 9.17) is 0 Å². The summed E-state index contributed by atoms with van der Waals surface area (Å²) in [5, 5.41) is 9.25. The first-order chi connectivity index (χ1) is 7.67. The first-order valence-corrected chi connectivity index (χ1v) is 4.55. The molecule has 5 heteroatoms. The van der Waals surface area contributed by atoms with Crippen molar-refractivity contribution in [3.63, 3.8) is 0 Å². The zero-order chi connectivity index (χ0) is 12.0. The molecule has 2 N–H and O–H groups in total. The molecule has 0 saturated heterocycles. The second-order valence-electron chi connectivity index (χ2n) is 2.95. The van der Waals surface area contributed by atoms with Gasteiger partial charge in [0.05, 0.1) is 14.2 Å². The lowest BCUT2D eigenvalue weighted by molar-refractivity contribution is -0.137. The molecule has 0 aliphatic carbocycles. The van der Waals surface area contributed by atoms with Crippen molar-refractivity contribution in [2.75, 3.05) is 14.2 Å². The average Bonchev–Trinajstić information content (AvgIpc) is 2.27. The number of methoxy groups -OCH3 is 1. The summed E-state index contributed by atoms with van der Waals surface area (Å²) in [6.45, 7) is 0. The van der Waals surface area contributed by atoms with E-state index < -0.39 is 5.97 Å². The fraction of sp³-hybridized carbons (Fsp3) is 0.182. The van der Waals surface area contributed by atoms with Gasteiger partial charge in [0.25, 0.3) is 0 Å². The maximum Gasteiger partial charge on any atom is 0.356 e. The van der Waals surface area contributed by atoms with Crippen molar-refractivity contribution in [3.8, 4) is 5.75 Å². The van der Waals surface area contributed by atoms with Crippen molar-refractivity contribution in [2.24, 2.45) is 0 Å². The minimum atomic E-state index is -0.551. The van der Waals surface area contributed by atoms with Gasteiger partial charge in [-0.05, 0) is 23.8 Å². The normalized spacial score (nSPS) is 11.0. The molecule has 0 bridgehead atoms. The molecule has 0 heterocycles. The number of ether oxygens (including phenoxy) is 1. The summed E-state index contributed by atoms with van der Waals surface area (Å²) in [5.41, 5.74) is 3.21. The lowest BCUT2D eigenvalue weighted by atomic mass is 10.2. The van der Waals surface area contributed by atoms with Gasteiger partial charge in [-0.3, -0.25) is 10.3 Å². The minimum absolute atomic E-state index is 0.121. The number of nitrogens with one attached hydrogen (secondary N) is 1. The Hall–Kier alpha value is -2.01. The molecular formula is C11H13NO4. The van der Waals surface area contributed by atoms with Crippen LogP contribution in [0.4, 0.5) is 0 Å². The van der Waals surface area contributed by atoms with Gasteiger partial charge in [0.15, 0.2) is 0 Å². The Morgan fingerprint density at radius 3 is 2.75 bits per heavy atom. The van der Waals surface area contributed by atoms with E-state index in [-0.39, 0.29) is 11.4 Å². The van der Waals surface area contributed by atoms with Gasteiger partial charge in [0.2, 0.25) is 0 Å². The molecule has 0 amide bonds. The van der Waals surface area contributed by atoms with Gasteiger partial charge in [0, 0.05) is 0 Å². The topological polar surface area (TPSA) is 67.8 Å². The van der Waals surface area contributed by atoms with E-state index in [2.05, 4.69) is 15.1 Å². The summed E-state index contributed by atoms with van der Waals surface area (Å²) < 4.78 is 4.56. The number of carbonyl (C=O) groups excluding carboxylic acids is 1. The number of aromatic hydroxyl groups is 1. The van der Waals surface area contributed by atoms with Crippen LogP contribution in [0.2, 0.25) is 0 Å². The Balaban J connectivity index is 2.97. The zero-order valence-electron chi connectivity index (χ0n) is 9.06. The van der Waals surface area contributed by atoms with Gasteiger partial charge in [-0.2, -0.15) is 0 Å².